The van der Waals surface area contributed by atoms with Gasteiger partial charge in [-0.3, -0.25) is 14.4 Å². The van der Waals surface area contributed by atoms with Crippen LogP contribution in [-0.2, 0) is 27.3 Å². The maximum Gasteiger partial charge on any atom is 0.243 e. The number of ketones is 1. The Bertz CT molecular complexity index is 1640. The van der Waals surface area contributed by atoms with Crippen molar-refractivity contribution in [3.8, 4) is 0 Å². The van der Waals surface area contributed by atoms with Gasteiger partial charge in [-0.25, -0.2) is 0 Å². The lowest BCUT2D eigenvalue weighted by atomic mass is 9.90. The standard InChI is InChI=1S/C41H46N4O4/c42-41(30-46,29-43-27-36(31-14-4-1-5-15-31)32-16-6-2-7-17-32)24-12-13-25-44-40(49)37-26-34-20-10-11-21-35(34)28-45(37)39(48)23-22-38(47)33-18-8-3-9-19-33/h1-11,14-21,30,36-37,43H,12-13,22-29,42H2,(H,44,49)/t37-,41?/m0/s1. The lowest BCUT2D eigenvalue weighted by molar-refractivity contribution is -0.141. The molecule has 49 heavy (non-hydrogen) atoms. The van der Waals surface area contributed by atoms with Crippen LogP contribution in [0, 0.1) is 0 Å². The second-order valence-electron chi connectivity index (χ2n) is 12.9. The fourth-order valence-electron chi connectivity index (χ4n) is 6.50. The second-order valence-corrected chi connectivity index (χ2v) is 12.9. The number of nitrogens with one attached hydrogen (secondary N) is 2. The molecule has 8 nitrogen and oxygen atoms in total. The van der Waals surface area contributed by atoms with Crippen molar-refractivity contribution in [2.24, 2.45) is 5.73 Å². The molecule has 4 aromatic rings. The van der Waals surface area contributed by atoms with Gasteiger partial charge in [-0.2, -0.15) is 0 Å². The third-order valence-electron chi connectivity index (χ3n) is 9.34. The molecule has 4 N–H and O–H groups in total. The number of amides is 2. The van der Waals surface area contributed by atoms with E-state index in [9.17, 15) is 19.2 Å². The minimum Gasteiger partial charge on any atom is -0.354 e. The van der Waals surface area contributed by atoms with Crippen LogP contribution in [0.1, 0.15) is 70.6 Å². The van der Waals surface area contributed by atoms with Gasteiger partial charge in [-0.15, -0.1) is 0 Å². The van der Waals surface area contributed by atoms with Gasteiger partial charge in [0.05, 0.1) is 5.54 Å². The first-order valence-corrected chi connectivity index (χ1v) is 17.1. The molecule has 5 rings (SSSR count). The number of Topliss-reactive ketones (excluding diaryl/α,β-unsaturated/α-hetero) is 1. The third kappa shape index (κ3) is 9.81. The van der Waals surface area contributed by atoms with Gasteiger partial charge >= 0.3 is 0 Å². The summed E-state index contributed by atoms with van der Waals surface area (Å²) in [6.07, 6.45) is 3.11. The smallest absolute Gasteiger partial charge is 0.243 e. The first-order valence-electron chi connectivity index (χ1n) is 17.1. The van der Waals surface area contributed by atoms with Crippen molar-refractivity contribution in [1.82, 2.24) is 15.5 Å². The van der Waals surface area contributed by atoms with Crippen molar-refractivity contribution in [1.29, 1.82) is 0 Å². The van der Waals surface area contributed by atoms with E-state index in [4.69, 9.17) is 5.73 Å². The molecule has 0 fully saturated rings. The third-order valence-corrected chi connectivity index (χ3v) is 9.34. The van der Waals surface area contributed by atoms with Crippen LogP contribution in [-0.4, -0.2) is 60.0 Å². The number of nitrogens with zero attached hydrogens (tertiary/aromatic N) is 1. The summed E-state index contributed by atoms with van der Waals surface area (Å²) in [4.78, 5) is 53.3. The highest BCUT2D eigenvalue weighted by Crippen LogP contribution is 2.26. The van der Waals surface area contributed by atoms with Crippen molar-refractivity contribution in [3.63, 3.8) is 0 Å². The van der Waals surface area contributed by atoms with Gasteiger partial charge in [0.2, 0.25) is 11.8 Å². The zero-order chi connectivity index (χ0) is 34.5. The molecule has 0 radical (unpaired) electrons. The Labute approximate surface area is 289 Å². The van der Waals surface area contributed by atoms with Gasteiger partial charge in [0, 0.05) is 56.9 Å². The van der Waals surface area contributed by atoms with E-state index in [0.717, 1.165) is 17.4 Å². The Kier molecular flexibility index (Phi) is 12.6. The predicted molar refractivity (Wildman–Crippen MR) is 192 cm³/mol. The maximum atomic E-state index is 13.5. The first-order chi connectivity index (χ1) is 23.9. The molecule has 0 bridgehead atoms. The van der Waals surface area contributed by atoms with Crippen LogP contribution in [0.2, 0.25) is 0 Å². The van der Waals surface area contributed by atoms with Crippen LogP contribution in [0.5, 0.6) is 0 Å². The van der Waals surface area contributed by atoms with E-state index in [1.54, 1.807) is 29.2 Å². The first kappa shape index (κ1) is 35.4. The van der Waals surface area contributed by atoms with E-state index >= 15 is 0 Å². The lowest BCUT2D eigenvalue weighted by Gasteiger charge is -2.36. The SMILES string of the molecule is NC(C=O)(CCCCNC(=O)[C@@H]1Cc2ccccc2CN1C(=O)CCC(=O)c1ccccc1)CNCC(c1ccccc1)c1ccccc1. The summed E-state index contributed by atoms with van der Waals surface area (Å²) < 4.78 is 0. The fraction of sp³-hybridized carbons (Fsp3) is 0.317. The van der Waals surface area contributed by atoms with E-state index in [-0.39, 0.29) is 36.4 Å². The number of hydrogen-bond acceptors (Lipinski definition) is 6. The molecule has 1 heterocycles. The molecule has 4 aromatic carbocycles. The Morgan fingerprint density at radius 3 is 2.02 bits per heavy atom. The summed E-state index contributed by atoms with van der Waals surface area (Å²) in [5.41, 5.74) is 10.5. The lowest BCUT2D eigenvalue weighted by Crippen LogP contribution is -2.53. The van der Waals surface area contributed by atoms with E-state index in [1.165, 1.54) is 11.1 Å². The summed E-state index contributed by atoms with van der Waals surface area (Å²) in [5, 5.41) is 6.45. The molecule has 2 atom stereocenters. The monoisotopic (exact) mass is 658 g/mol. The molecule has 0 saturated heterocycles. The Morgan fingerprint density at radius 2 is 1.39 bits per heavy atom. The number of unbranched alkanes of at least 4 members (excludes halogenated alkanes) is 1. The zero-order valence-corrected chi connectivity index (χ0v) is 27.9. The van der Waals surface area contributed by atoms with E-state index in [1.807, 2.05) is 66.7 Å². The van der Waals surface area contributed by atoms with Gasteiger partial charge in [-0.05, 0) is 41.5 Å². The largest absolute Gasteiger partial charge is 0.354 e. The van der Waals surface area contributed by atoms with Crippen molar-refractivity contribution in [2.45, 2.75) is 62.6 Å². The summed E-state index contributed by atoms with van der Waals surface area (Å²) in [6, 6.07) is 36.7. The minimum atomic E-state index is -1.03. The molecule has 0 aliphatic carbocycles. The Balaban J connectivity index is 1.10. The Hall–Kier alpha value is -4.92. The maximum absolute atomic E-state index is 13.5. The number of carbonyl (C=O) groups is 4. The zero-order valence-electron chi connectivity index (χ0n) is 27.9. The predicted octanol–water partition coefficient (Wildman–Crippen LogP) is 5.21. The van der Waals surface area contributed by atoms with Gasteiger partial charge in [0.15, 0.2) is 5.78 Å². The summed E-state index contributed by atoms with van der Waals surface area (Å²) >= 11 is 0. The number of rotatable bonds is 17. The number of fused-ring (bicyclic) bond motifs is 1. The number of nitrogens with two attached hydrogens (primary N) is 1. The van der Waals surface area contributed by atoms with Crippen LogP contribution in [0.4, 0.5) is 0 Å². The normalized spacial score (nSPS) is 15.2. The summed E-state index contributed by atoms with van der Waals surface area (Å²) in [5.74, 6) is -0.412. The van der Waals surface area contributed by atoms with Gasteiger partial charge in [0.25, 0.3) is 0 Å². The highest BCUT2D eigenvalue weighted by Gasteiger charge is 2.34. The van der Waals surface area contributed by atoms with Gasteiger partial charge < -0.3 is 26.1 Å². The number of aldehydes is 1. The summed E-state index contributed by atoms with van der Waals surface area (Å²) in [7, 11) is 0. The second kappa shape index (κ2) is 17.5. The Morgan fingerprint density at radius 1 is 0.796 bits per heavy atom. The van der Waals surface area contributed by atoms with E-state index in [2.05, 4.69) is 34.9 Å². The topological polar surface area (TPSA) is 122 Å². The quantitative estimate of drug-likeness (QED) is 0.0814. The molecule has 0 saturated carbocycles. The van der Waals surface area contributed by atoms with Crippen LogP contribution >= 0.6 is 0 Å². The van der Waals surface area contributed by atoms with Crippen LogP contribution in [0.3, 0.4) is 0 Å². The van der Waals surface area contributed by atoms with Crippen LogP contribution < -0.4 is 16.4 Å². The highest BCUT2D eigenvalue weighted by molar-refractivity contribution is 5.98. The molecule has 1 aliphatic rings. The molecule has 0 aromatic heterocycles. The van der Waals surface area contributed by atoms with Gasteiger partial charge in [0.1, 0.15) is 12.3 Å². The van der Waals surface area contributed by atoms with E-state index < -0.39 is 11.6 Å². The molecule has 2 amide bonds. The van der Waals surface area contributed by atoms with Crippen molar-refractivity contribution < 1.29 is 19.2 Å². The molecule has 0 spiro atoms. The number of benzene rings is 4. The number of carbonyl (C=O) groups excluding carboxylic acids is 4. The van der Waals surface area contributed by atoms with E-state index in [0.29, 0.717) is 57.4 Å². The minimum absolute atomic E-state index is 0.0371. The molecule has 1 unspecified atom stereocenters. The molecular formula is C41H46N4O4. The van der Waals surface area contributed by atoms with Gasteiger partial charge in [-0.1, -0.05) is 115 Å². The number of hydrogen-bond donors (Lipinski definition) is 3. The van der Waals surface area contributed by atoms with Crippen LogP contribution in [0.25, 0.3) is 0 Å². The summed E-state index contributed by atoms with van der Waals surface area (Å²) in [6.45, 7) is 1.70. The average Bonchev–Trinajstić information content (AvgIpc) is 3.15. The van der Waals surface area contributed by atoms with Crippen molar-refractivity contribution >= 4 is 23.9 Å². The van der Waals surface area contributed by atoms with Crippen molar-refractivity contribution in [2.75, 3.05) is 19.6 Å². The molecular weight excluding hydrogens is 612 g/mol. The molecule has 1 aliphatic heterocycles. The fourth-order valence-corrected chi connectivity index (χ4v) is 6.50. The highest BCUT2D eigenvalue weighted by atomic mass is 16.2. The average molecular weight is 659 g/mol. The van der Waals surface area contributed by atoms with Crippen LogP contribution in [0.15, 0.2) is 115 Å². The molecule has 8 heteroatoms. The van der Waals surface area contributed by atoms with Crippen molar-refractivity contribution in [3.05, 3.63) is 143 Å². The molecule has 254 valence electrons.